The standard InChI is InChI=1S/C24H21BrClN3O/c25-19-9-5-8-17(15-19)24(30)27-14-6-13-23-28-21-11-3-4-12-22(21)29(23)16-18-7-1-2-10-20(18)26/h1-5,7-12,15H,6,13-14,16H2,(H,27,30). The third-order valence-corrected chi connectivity index (χ3v) is 5.83. The molecule has 1 amide bonds. The first-order valence-electron chi connectivity index (χ1n) is 9.83. The molecule has 152 valence electrons. The molecule has 4 aromatic rings. The molecule has 3 aromatic carbocycles. The number of carbonyl (C=O) groups is 1. The van der Waals surface area contributed by atoms with E-state index in [0.717, 1.165) is 44.8 Å². The summed E-state index contributed by atoms with van der Waals surface area (Å²) in [6, 6.07) is 23.4. The zero-order chi connectivity index (χ0) is 20.9. The first-order chi connectivity index (χ1) is 14.6. The Bertz CT molecular complexity index is 1190. The van der Waals surface area contributed by atoms with Crippen molar-refractivity contribution < 1.29 is 4.79 Å². The van der Waals surface area contributed by atoms with E-state index in [9.17, 15) is 4.79 Å². The summed E-state index contributed by atoms with van der Waals surface area (Å²) in [4.78, 5) is 17.2. The summed E-state index contributed by atoms with van der Waals surface area (Å²) in [5.41, 5.74) is 3.77. The average Bonchev–Trinajstić information content (AvgIpc) is 3.10. The molecule has 0 aliphatic carbocycles. The lowest BCUT2D eigenvalue weighted by atomic mass is 10.2. The van der Waals surface area contributed by atoms with Crippen molar-refractivity contribution in [3.8, 4) is 0 Å². The Labute approximate surface area is 189 Å². The van der Waals surface area contributed by atoms with Gasteiger partial charge in [-0.3, -0.25) is 4.79 Å². The number of hydrogen-bond donors (Lipinski definition) is 1. The Morgan fingerprint density at radius 2 is 1.83 bits per heavy atom. The van der Waals surface area contributed by atoms with Crippen molar-refractivity contribution in [2.45, 2.75) is 19.4 Å². The number of halogens is 2. The number of carbonyl (C=O) groups excluding carboxylic acids is 1. The number of aryl methyl sites for hydroxylation is 1. The summed E-state index contributed by atoms with van der Waals surface area (Å²) in [6.07, 6.45) is 1.56. The third kappa shape index (κ3) is 4.74. The lowest BCUT2D eigenvalue weighted by Gasteiger charge is -2.11. The molecule has 0 radical (unpaired) electrons. The average molecular weight is 483 g/mol. The first kappa shape index (κ1) is 20.6. The molecule has 0 unspecified atom stereocenters. The molecular weight excluding hydrogens is 462 g/mol. The SMILES string of the molecule is O=C(NCCCc1nc2ccccc2n1Cc1ccccc1Cl)c1cccc(Br)c1. The van der Waals surface area contributed by atoms with Crippen molar-refractivity contribution in [3.63, 3.8) is 0 Å². The fourth-order valence-corrected chi connectivity index (χ4v) is 4.06. The summed E-state index contributed by atoms with van der Waals surface area (Å²) in [5, 5.41) is 3.74. The highest BCUT2D eigenvalue weighted by atomic mass is 79.9. The molecule has 0 fully saturated rings. The van der Waals surface area contributed by atoms with Crippen molar-refractivity contribution >= 4 is 44.5 Å². The minimum Gasteiger partial charge on any atom is -0.352 e. The summed E-state index contributed by atoms with van der Waals surface area (Å²) in [5.74, 6) is 0.925. The highest BCUT2D eigenvalue weighted by Crippen LogP contribution is 2.22. The molecule has 0 saturated carbocycles. The van der Waals surface area contributed by atoms with E-state index in [-0.39, 0.29) is 5.91 Å². The minimum absolute atomic E-state index is 0.0686. The van der Waals surface area contributed by atoms with E-state index in [1.54, 1.807) is 0 Å². The molecule has 0 spiro atoms. The second-order valence-corrected chi connectivity index (χ2v) is 8.39. The Kier molecular flexibility index (Phi) is 6.50. The third-order valence-electron chi connectivity index (χ3n) is 4.97. The topological polar surface area (TPSA) is 46.9 Å². The second kappa shape index (κ2) is 9.45. The van der Waals surface area contributed by atoms with Crippen LogP contribution in [0.3, 0.4) is 0 Å². The monoisotopic (exact) mass is 481 g/mol. The number of nitrogens with one attached hydrogen (secondary N) is 1. The number of benzene rings is 3. The van der Waals surface area contributed by atoms with Gasteiger partial charge in [-0.05, 0) is 48.4 Å². The Hall–Kier alpha value is -2.63. The van der Waals surface area contributed by atoms with Crippen LogP contribution in [0.4, 0.5) is 0 Å². The molecule has 1 N–H and O–H groups in total. The molecule has 0 saturated heterocycles. The van der Waals surface area contributed by atoms with Gasteiger partial charge in [0.15, 0.2) is 0 Å². The van der Waals surface area contributed by atoms with Crippen LogP contribution in [-0.4, -0.2) is 22.0 Å². The Morgan fingerprint density at radius 1 is 1.03 bits per heavy atom. The van der Waals surface area contributed by atoms with Crippen LogP contribution in [0.2, 0.25) is 5.02 Å². The number of fused-ring (bicyclic) bond motifs is 1. The van der Waals surface area contributed by atoms with E-state index >= 15 is 0 Å². The molecule has 1 aromatic heterocycles. The van der Waals surface area contributed by atoms with Gasteiger partial charge in [0.1, 0.15) is 5.82 Å². The molecule has 0 aliphatic heterocycles. The fourth-order valence-electron chi connectivity index (χ4n) is 3.47. The smallest absolute Gasteiger partial charge is 0.251 e. The molecule has 30 heavy (non-hydrogen) atoms. The molecule has 0 bridgehead atoms. The number of imidazole rings is 1. The number of rotatable bonds is 7. The molecule has 4 nitrogen and oxygen atoms in total. The van der Waals surface area contributed by atoms with Gasteiger partial charge in [-0.2, -0.15) is 0 Å². The summed E-state index contributed by atoms with van der Waals surface area (Å²) in [7, 11) is 0. The summed E-state index contributed by atoms with van der Waals surface area (Å²) >= 11 is 9.79. The molecular formula is C24H21BrClN3O. The quantitative estimate of drug-likeness (QED) is 0.335. The van der Waals surface area contributed by atoms with Crippen LogP contribution < -0.4 is 5.32 Å². The van der Waals surface area contributed by atoms with E-state index < -0.39 is 0 Å². The van der Waals surface area contributed by atoms with Gasteiger partial charge in [0.05, 0.1) is 17.6 Å². The minimum atomic E-state index is -0.0686. The second-order valence-electron chi connectivity index (χ2n) is 7.06. The van der Waals surface area contributed by atoms with Crippen molar-refractivity contribution in [3.05, 3.63) is 99.2 Å². The summed E-state index contributed by atoms with van der Waals surface area (Å²) < 4.78 is 3.11. The maximum atomic E-state index is 12.3. The molecule has 4 rings (SSSR count). The Morgan fingerprint density at radius 3 is 2.67 bits per heavy atom. The van der Waals surface area contributed by atoms with Crippen LogP contribution in [0.15, 0.2) is 77.3 Å². The van der Waals surface area contributed by atoms with Gasteiger partial charge < -0.3 is 9.88 Å². The predicted octanol–water partition coefficient (Wildman–Crippen LogP) is 5.86. The van der Waals surface area contributed by atoms with Gasteiger partial charge in [-0.1, -0.05) is 63.9 Å². The highest BCUT2D eigenvalue weighted by molar-refractivity contribution is 9.10. The van der Waals surface area contributed by atoms with Crippen LogP contribution in [-0.2, 0) is 13.0 Å². The summed E-state index contributed by atoms with van der Waals surface area (Å²) in [6.45, 7) is 1.25. The number of aromatic nitrogens is 2. The lowest BCUT2D eigenvalue weighted by molar-refractivity contribution is 0.0953. The van der Waals surface area contributed by atoms with Crippen molar-refractivity contribution in [2.75, 3.05) is 6.54 Å². The van der Waals surface area contributed by atoms with Gasteiger partial charge in [-0.25, -0.2) is 4.98 Å². The van der Waals surface area contributed by atoms with Crippen LogP contribution in [0, 0.1) is 0 Å². The molecule has 1 heterocycles. The number of nitrogens with zero attached hydrogens (tertiary/aromatic N) is 2. The maximum absolute atomic E-state index is 12.3. The molecule has 0 atom stereocenters. The van der Waals surface area contributed by atoms with Crippen molar-refractivity contribution in [1.29, 1.82) is 0 Å². The van der Waals surface area contributed by atoms with Crippen LogP contribution >= 0.6 is 27.5 Å². The highest BCUT2D eigenvalue weighted by Gasteiger charge is 2.12. The van der Waals surface area contributed by atoms with Gasteiger partial charge in [-0.15, -0.1) is 0 Å². The van der Waals surface area contributed by atoms with E-state index in [1.807, 2.05) is 66.7 Å². The number of amides is 1. The van der Waals surface area contributed by atoms with Crippen molar-refractivity contribution in [2.24, 2.45) is 0 Å². The molecule has 6 heteroatoms. The predicted molar refractivity (Wildman–Crippen MR) is 125 cm³/mol. The van der Waals surface area contributed by atoms with Crippen molar-refractivity contribution in [1.82, 2.24) is 14.9 Å². The van der Waals surface area contributed by atoms with Gasteiger partial charge in [0.25, 0.3) is 5.91 Å². The normalized spacial score (nSPS) is 11.0. The number of hydrogen-bond acceptors (Lipinski definition) is 2. The molecule has 0 aliphatic rings. The van der Waals surface area contributed by atoms with Gasteiger partial charge in [0, 0.05) is 28.0 Å². The van der Waals surface area contributed by atoms with E-state index in [0.29, 0.717) is 18.7 Å². The lowest BCUT2D eigenvalue weighted by Crippen LogP contribution is -2.25. The van der Waals surface area contributed by atoms with Gasteiger partial charge >= 0.3 is 0 Å². The van der Waals surface area contributed by atoms with E-state index in [1.165, 1.54) is 0 Å². The zero-order valence-electron chi connectivity index (χ0n) is 16.3. The van der Waals surface area contributed by atoms with Gasteiger partial charge in [0.2, 0.25) is 0 Å². The first-order valence-corrected chi connectivity index (χ1v) is 11.0. The fraction of sp³-hybridized carbons (Fsp3) is 0.167. The Balaban J connectivity index is 1.46. The van der Waals surface area contributed by atoms with E-state index in [4.69, 9.17) is 16.6 Å². The van der Waals surface area contributed by atoms with E-state index in [2.05, 4.69) is 31.9 Å². The van der Waals surface area contributed by atoms with Crippen LogP contribution in [0.1, 0.15) is 28.2 Å². The maximum Gasteiger partial charge on any atom is 0.251 e. The zero-order valence-corrected chi connectivity index (χ0v) is 18.7. The largest absolute Gasteiger partial charge is 0.352 e. The number of para-hydroxylation sites is 2. The van der Waals surface area contributed by atoms with Crippen LogP contribution in [0.25, 0.3) is 11.0 Å². The van der Waals surface area contributed by atoms with Crippen LogP contribution in [0.5, 0.6) is 0 Å².